The number of nitro groups is 1. The van der Waals surface area contributed by atoms with Gasteiger partial charge in [0.2, 0.25) is 5.91 Å². The first-order chi connectivity index (χ1) is 16.6. The van der Waals surface area contributed by atoms with Gasteiger partial charge in [0.15, 0.2) is 5.78 Å². The quantitative estimate of drug-likeness (QED) is 0.260. The van der Waals surface area contributed by atoms with Crippen LogP contribution in [0.5, 0.6) is 5.75 Å². The van der Waals surface area contributed by atoms with Crippen molar-refractivity contribution in [3.05, 3.63) is 63.2 Å². The summed E-state index contributed by atoms with van der Waals surface area (Å²) in [4.78, 5) is 61.3. The number of amides is 3. The zero-order valence-electron chi connectivity index (χ0n) is 19.5. The highest BCUT2D eigenvalue weighted by Gasteiger charge is 2.40. The van der Waals surface area contributed by atoms with Crippen LogP contribution in [-0.4, -0.2) is 45.5 Å². The van der Waals surface area contributed by atoms with Crippen LogP contribution < -0.4 is 10.1 Å². The summed E-state index contributed by atoms with van der Waals surface area (Å²) < 4.78 is 5.82. The Morgan fingerprint density at radius 3 is 2.60 bits per heavy atom. The van der Waals surface area contributed by atoms with Gasteiger partial charge in [0.05, 0.1) is 22.5 Å². The average Bonchev–Trinajstić information content (AvgIpc) is 3.03. The third-order valence-corrected chi connectivity index (χ3v) is 6.00. The van der Waals surface area contributed by atoms with Gasteiger partial charge < -0.3 is 10.1 Å². The molecule has 10 heteroatoms. The number of Topliss-reactive ketones (excluding diaryl/α,β-unsaturated/α-hetero) is 1. The first-order valence-corrected chi connectivity index (χ1v) is 11.4. The molecule has 182 valence electrons. The molecule has 0 aliphatic carbocycles. The number of imide groups is 1. The molecule has 0 atom stereocenters. The van der Waals surface area contributed by atoms with Crippen molar-refractivity contribution >= 4 is 34.9 Å². The number of nitrogens with zero attached hydrogens (tertiary/aromatic N) is 2. The highest BCUT2D eigenvalue weighted by molar-refractivity contribution is 6.23. The van der Waals surface area contributed by atoms with Crippen LogP contribution in [0.3, 0.4) is 0 Å². The Balaban J connectivity index is 1.25. The molecule has 0 aromatic heterocycles. The molecule has 0 unspecified atom stereocenters. The SMILES string of the molecule is CC1(C)CC(=O)c2cc(NC(=O)CCCCCN3C(=O)c4cccc([N+](=O)[O-])c4C3=O)ccc2O1. The van der Waals surface area contributed by atoms with Gasteiger partial charge in [-0.1, -0.05) is 12.5 Å². The lowest BCUT2D eigenvalue weighted by Gasteiger charge is -2.31. The molecule has 0 fully saturated rings. The third kappa shape index (κ3) is 4.91. The van der Waals surface area contributed by atoms with Crippen molar-refractivity contribution in [1.29, 1.82) is 0 Å². The van der Waals surface area contributed by atoms with E-state index in [0.717, 1.165) is 4.90 Å². The largest absolute Gasteiger partial charge is 0.487 e. The van der Waals surface area contributed by atoms with Gasteiger partial charge in [-0.25, -0.2) is 0 Å². The molecule has 2 aromatic carbocycles. The number of anilines is 1. The number of carbonyl (C=O) groups is 4. The summed E-state index contributed by atoms with van der Waals surface area (Å²) in [6, 6.07) is 8.98. The normalized spacial score (nSPS) is 15.9. The topological polar surface area (TPSA) is 136 Å². The summed E-state index contributed by atoms with van der Waals surface area (Å²) in [5.41, 5.74) is -0.0997. The molecule has 10 nitrogen and oxygen atoms in total. The Morgan fingerprint density at radius 2 is 1.86 bits per heavy atom. The molecule has 3 amide bonds. The lowest BCUT2D eigenvalue weighted by molar-refractivity contribution is -0.385. The molecule has 0 spiro atoms. The van der Waals surface area contributed by atoms with Crippen LogP contribution >= 0.6 is 0 Å². The van der Waals surface area contributed by atoms with Gasteiger partial charge in [-0.3, -0.25) is 34.2 Å². The summed E-state index contributed by atoms with van der Waals surface area (Å²) in [6.07, 6.45) is 2.05. The fourth-order valence-corrected chi connectivity index (χ4v) is 4.36. The molecule has 2 aromatic rings. The zero-order chi connectivity index (χ0) is 25.3. The second-order valence-electron chi connectivity index (χ2n) is 9.25. The molecule has 2 aliphatic rings. The van der Waals surface area contributed by atoms with Crippen LogP contribution in [0.2, 0.25) is 0 Å². The van der Waals surface area contributed by atoms with E-state index in [1.807, 2.05) is 13.8 Å². The van der Waals surface area contributed by atoms with Crippen molar-refractivity contribution in [3.8, 4) is 5.75 Å². The second kappa shape index (κ2) is 9.28. The van der Waals surface area contributed by atoms with E-state index in [0.29, 0.717) is 36.3 Å². The second-order valence-corrected chi connectivity index (χ2v) is 9.25. The van der Waals surface area contributed by atoms with E-state index < -0.39 is 22.3 Å². The molecule has 2 aliphatic heterocycles. The van der Waals surface area contributed by atoms with Crippen LogP contribution in [0.1, 0.15) is 77.0 Å². The summed E-state index contributed by atoms with van der Waals surface area (Å²) in [7, 11) is 0. The first kappa shape index (κ1) is 24.1. The van der Waals surface area contributed by atoms with Gasteiger partial charge in [-0.2, -0.15) is 0 Å². The van der Waals surface area contributed by atoms with Gasteiger partial charge in [0.25, 0.3) is 17.5 Å². The smallest absolute Gasteiger partial charge is 0.282 e. The number of ketones is 1. The fraction of sp³-hybridized carbons (Fsp3) is 0.360. The monoisotopic (exact) mass is 479 g/mol. The summed E-state index contributed by atoms with van der Waals surface area (Å²) >= 11 is 0. The minimum Gasteiger partial charge on any atom is -0.487 e. The standard InChI is InChI=1S/C25H25N3O7/c1-25(2)14-19(29)17-13-15(10-11-20(17)35-25)26-21(30)9-4-3-5-12-27-23(31)16-7-6-8-18(28(33)34)22(16)24(27)32/h6-8,10-11,13H,3-5,9,12,14H2,1-2H3,(H,26,30). The minimum absolute atomic E-state index is 0.0363. The van der Waals surface area contributed by atoms with Crippen molar-refractivity contribution in [2.45, 2.75) is 51.6 Å². The molecule has 0 saturated heterocycles. The van der Waals surface area contributed by atoms with Gasteiger partial charge in [-0.15, -0.1) is 0 Å². The third-order valence-electron chi connectivity index (χ3n) is 6.00. The first-order valence-electron chi connectivity index (χ1n) is 11.4. The predicted octanol–water partition coefficient (Wildman–Crippen LogP) is 4.13. The average molecular weight is 479 g/mol. The van der Waals surface area contributed by atoms with Crippen LogP contribution in [-0.2, 0) is 4.79 Å². The summed E-state index contributed by atoms with van der Waals surface area (Å²) in [5.74, 6) is -0.954. The predicted molar refractivity (Wildman–Crippen MR) is 126 cm³/mol. The molecule has 35 heavy (non-hydrogen) atoms. The Kier molecular flexibility index (Phi) is 6.38. The number of ether oxygens (including phenoxy) is 1. The fourth-order valence-electron chi connectivity index (χ4n) is 4.36. The molecule has 0 saturated carbocycles. The van der Waals surface area contributed by atoms with Crippen LogP contribution in [0.15, 0.2) is 36.4 Å². The summed E-state index contributed by atoms with van der Waals surface area (Å²) in [6.45, 7) is 3.82. The molecule has 2 heterocycles. The molecule has 1 N–H and O–H groups in total. The minimum atomic E-state index is -0.668. The number of nitro benzene ring substituents is 1. The van der Waals surface area contributed by atoms with Gasteiger partial charge in [0.1, 0.15) is 16.9 Å². The van der Waals surface area contributed by atoms with Crippen molar-refractivity contribution in [2.24, 2.45) is 0 Å². The lowest BCUT2D eigenvalue weighted by atomic mass is 9.93. The number of nitrogens with one attached hydrogen (secondary N) is 1. The maximum absolute atomic E-state index is 12.6. The number of unbranched alkanes of at least 4 members (excludes halogenated alkanes) is 2. The number of benzene rings is 2. The Bertz CT molecular complexity index is 1250. The maximum atomic E-state index is 12.6. The molecule has 0 radical (unpaired) electrons. The lowest BCUT2D eigenvalue weighted by Crippen LogP contribution is -2.35. The van der Waals surface area contributed by atoms with Gasteiger partial charge >= 0.3 is 0 Å². The van der Waals surface area contributed by atoms with Gasteiger partial charge in [-0.05, 0) is 51.0 Å². The van der Waals surface area contributed by atoms with Crippen molar-refractivity contribution in [3.63, 3.8) is 0 Å². The highest BCUT2D eigenvalue weighted by atomic mass is 16.6. The van der Waals surface area contributed by atoms with E-state index in [-0.39, 0.29) is 47.9 Å². The number of hydrogen-bond donors (Lipinski definition) is 1. The van der Waals surface area contributed by atoms with Gasteiger partial charge in [0, 0.05) is 24.7 Å². The highest BCUT2D eigenvalue weighted by Crippen LogP contribution is 2.35. The molecule has 0 bridgehead atoms. The van der Waals surface area contributed by atoms with Crippen LogP contribution in [0.4, 0.5) is 11.4 Å². The molecular formula is C25H25N3O7. The number of hydrogen-bond acceptors (Lipinski definition) is 7. The van der Waals surface area contributed by atoms with Crippen molar-refractivity contribution in [1.82, 2.24) is 4.90 Å². The number of fused-ring (bicyclic) bond motifs is 2. The van der Waals surface area contributed by atoms with Crippen LogP contribution in [0, 0.1) is 10.1 Å². The Morgan fingerprint density at radius 1 is 1.09 bits per heavy atom. The van der Waals surface area contributed by atoms with E-state index in [1.165, 1.54) is 18.2 Å². The van der Waals surface area contributed by atoms with E-state index in [9.17, 15) is 29.3 Å². The van der Waals surface area contributed by atoms with E-state index in [4.69, 9.17) is 4.74 Å². The number of rotatable bonds is 8. The number of carbonyl (C=O) groups excluding carboxylic acids is 4. The van der Waals surface area contributed by atoms with Crippen LogP contribution in [0.25, 0.3) is 0 Å². The van der Waals surface area contributed by atoms with E-state index in [1.54, 1.807) is 18.2 Å². The maximum Gasteiger partial charge on any atom is 0.282 e. The van der Waals surface area contributed by atoms with E-state index in [2.05, 4.69) is 5.32 Å². The zero-order valence-corrected chi connectivity index (χ0v) is 19.5. The Hall–Kier alpha value is -4.08. The van der Waals surface area contributed by atoms with Crippen molar-refractivity contribution < 1.29 is 28.8 Å². The summed E-state index contributed by atoms with van der Waals surface area (Å²) in [5, 5.41) is 14.0. The molecular weight excluding hydrogens is 454 g/mol. The molecule has 4 rings (SSSR count). The Labute approximate surface area is 201 Å². The van der Waals surface area contributed by atoms with Crippen molar-refractivity contribution in [2.75, 3.05) is 11.9 Å². The van der Waals surface area contributed by atoms with E-state index >= 15 is 0 Å².